The maximum atomic E-state index is 11.8. The molecule has 2 N–H and O–H groups in total. The van der Waals surface area contributed by atoms with E-state index in [1.54, 1.807) is 24.3 Å². The summed E-state index contributed by atoms with van der Waals surface area (Å²) in [4.78, 5) is 23.5. The van der Waals surface area contributed by atoms with E-state index in [4.69, 9.17) is 11.6 Å². The van der Waals surface area contributed by atoms with E-state index in [-0.39, 0.29) is 18.2 Å². The zero-order chi connectivity index (χ0) is 15.8. The second-order valence-corrected chi connectivity index (χ2v) is 5.21. The molecule has 0 aromatic heterocycles. The summed E-state index contributed by atoms with van der Waals surface area (Å²) >= 11 is 5.76. The lowest BCUT2D eigenvalue weighted by Gasteiger charge is -2.07. The molecule has 0 aliphatic rings. The van der Waals surface area contributed by atoms with Gasteiger partial charge in [0.25, 0.3) is 5.91 Å². The van der Waals surface area contributed by atoms with Crippen molar-refractivity contribution in [3.8, 4) is 0 Å². The molecule has 0 aliphatic heterocycles. The van der Waals surface area contributed by atoms with Gasteiger partial charge in [0, 0.05) is 30.1 Å². The van der Waals surface area contributed by atoms with E-state index < -0.39 is 0 Å². The van der Waals surface area contributed by atoms with Gasteiger partial charge in [-0.1, -0.05) is 41.9 Å². The normalized spacial score (nSPS) is 10.0. The van der Waals surface area contributed by atoms with Crippen molar-refractivity contribution in [2.24, 2.45) is 0 Å². The molecule has 0 heterocycles. The van der Waals surface area contributed by atoms with Gasteiger partial charge in [0.15, 0.2) is 0 Å². The molecular weight excluding hydrogens is 300 g/mol. The van der Waals surface area contributed by atoms with Crippen LogP contribution in [0.5, 0.6) is 0 Å². The van der Waals surface area contributed by atoms with Crippen LogP contribution in [-0.2, 0) is 11.3 Å². The standard InChI is InChI=1S/C17H17ClN2O2/c18-15-8-6-14(7-9-15)17(22)19-11-10-16(21)20-12-13-4-2-1-3-5-13/h1-9H,10-12H2,(H,19,22)(H,20,21). The van der Waals surface area contributed by atoms with Crippen LogP contribution < -0.4 is 10.6 Å². The molecule has 0 spiro atoms. The van der Waals surface area contributed by atoms with E-state index in [1.165, 1.54) is 0 Å². The summed E-state index contributed by atoms with van der Waals surface area (Å²) in [6.07, 6.45) is 0.242. The molecule has 2 aromatic carbocycles. The van der Waals surface area contributed by atoms with Gasteiger partial charge < -0.3 is 10.6 Å². The smallest absolute Gasteiger partial charge is 0.251 e. The molecule has 22 heavy (non-hydrogen) atoms. The van der Waals surface area contributed by atoms with Crippen LogP contribution in [0.3, 0.4) is 0 Å². The van der Waals surface area contributed by atoms with Crippen molar-refractivity contribution in [3.05, 3.63) is 70.7 Å². The van der Waals surface area contributed by atoms with Crippen LogP contribution in [0.2, 0.25) is 5.02 Å². The van der Waals surface area contributed by atoms with E-state index >= 15 is 0 Å². The van der Waals surface area contributed by atoms with Crippen LogP contribution in [0.1, 0.15) is 22.3 Å². The largest absolute Gasteiger partial charge is 0.352 e. The molecular formula is C17H17ClN2O2. The van der Waals surface area contributed by atoms with Crippen molar-refractivity contribution in [2.75, 3.05) is 6.54 Å². The van der Waals surface area contributed by atoms with Crippen LogP contribution in [0.4, 0.5) is 0 Å². The number of halogens is 1. The van der Waals surface area contributed by atoms with E-state index in [0.717, 1.165) is 5.56 Å². The van der Waals surface area contributed by atoms with Crippen molar-refractivity contribution in [1.29, 1.82) is 0 Å². The third-order valence-electron chi connectivity index (χ3n) is 3.08. The minimum Gasteiger partial charge on any atom is -0.352 e. The van der Waals surface area contributed by atoms with Crippen LogP contribution in [0, 0.1) is 0 Å². The Balaban J connectivity index is 1.68. The molecule has 4 nitrogen and oxygen atoms in total. The maximum Gasteiger partial charge on any atom is 0.251 e. The lowest BCUT2D eigenvalue weighted by molar-refractivity contribution is -0.121. The number of hydrogen-bond donors (Lipinski definition) is 2. The van der Waals surface area contributed by atoms with Crippen molar-refractivity contribution < 1.29 is 9.59 Å². The van der Waals surface area contributed by atoms with Crippen molar-refractivity contribution in [2.45, 2.75) is 13.0 Å². The van der Waals surface area contributed by atoms with E-state index in [2.05, 4.69) is 10.6 Å². The molecule has 2 amide bonds. The summed E-state index contributed by atoms with van der Waals surface area (Å²) in [7, 11) is 0. The van der Waals surface area contributed by atoms with Crippen LogP contribution in [0.25, 0.3) is 0 Å². The summed E-state index contributed by atoms with van der Waals surface area (Å²) in [5, 5.41) is 6.10. The van der Waals surface area contributed by atoms with E-state index in [0.29, 0.717) is 23.7 Å². The highest BCUT2D eigenvalue weighted by Crippen LogP contribution is 2.09. The Kier molecular flexibility index (Phi) is 5.98. The Morgan fingerprint density at radius 3 is 2.27 bits per heavy atom. The molecule has 2 rings (SSSR count). The minimum absolute atomic E-state index is 0.0970. The van der Waals surface area contributed by atoms with Crippen molar-refractivity contribution >= 4 is 23.4 Å². The number of rotatable bonds is 6. The first-order valence-electron chi connectivity index (χ1n) is 6.99. The summed E-state index contributed by atoms with van der Waals surface area (Å²) in [5.41, 5.74) is 1.56. The summed E-state index contributed by atoms with van der Waals surface area (Å²) < 4.78 is 0. The fourth-order valence-electron chi connectivity index (χ4n) is 1.88. The molecule has 0 bridgehead atoms. The van der Waals surface area contributed by atoms with Crippen LogP contribution in [0.15, 0.2) is 54.6 Å². The molecule has 0 unspecified atom stereocenters. The highest BCUT2D eigenvalue weighted by molar-refractivity contribution is 6.30. The van der Waals surface area contributed by atoms with Gasteiger partial charge in [-0.25, -0.2) is 0 Å². The number of amides is 2. The topological polar surface area (TPSA) is 58.2 Å². The highest BCUT2D eigenvalue weighted by atomic mass is 35.5. The third-order valence-corrected chi connectivity index (χ3v) is 3.33. The molecule has 0 saturated heterocycles. The predicted octanol–water partition coefficient (Wildman–Crippen LogP) is 2.78. The first-order chi connectivity index (χ1) is 10.6. The van der Waals surface area contributed by atoms with Crippen molar-refractivity contribution in [1.82, 2.24) is 10.6 Å². The van der Waals surface area contributed by atoms with Gasteiger partial charge in [0.2, 0.25) is 5.91 Å². The molecule has 5 heteroatoms. The molecule has 0 aliphatic carbocycles. The lowest BCUT2D eigenvalue weighted by Crippen LogP contribution is -2.30. The summed E-state index contributed by atoms with van der Waals surface area (Å²) in [6.45, 7) is 0.785. The van der Waals surface area contributed by atoms with E-state index in [9.17, 15) is 9.59 Å². The van der Waals surface area contributed by atoms with Gasteiger partial charge in [0.05, 0.1) is 0 Å². The zero-order valence-electron chi connectivity index (χ0n) is 12.0. The minimum atomic E-state index is -0.215. The number of carbonyl (C=O) groups is 2. The maximum absolute atomic E-state index is 11.8. The second-order valence-electron chi connectivity index (χ2n) is 4.78. The van der Waals surface area contributed by atoms with Gasteiger partial charge in [-0.2, -0.15) is 0 Å². The Bertz CT molecular complexity index is 627. The fourth-order valence-corrected chi connectivity index (χ4v) is 2.00. The molecule has 114 valence electrons. The molecule has 0 fully saturated rings. The quantitative estimate of drug-likeness (QED) is 0.861. The first-order valence-corrected chi connectivity index (χ1v) is 7.37. The Labute approximate surface area is 134 Å². The predicted molar refractivity (Wildman–Crippen MR) is 86.7 cm³/mol. The molecule has 0 atom stereocenters. The Hall–Kier alpha value is -2.33. The fraction of sp³-hybridized carbons (Fsp3) is 0.176. The van der Waals surface area contributed by atoms with Gasteiger partial charge >= 0.3 is 0 Å². The van der Waals surface area contributed by atoms with E-state index in [1.807, 2.05) is 30.3 Å². The summed E-state index contributed by atoms with van der Waals surface area (Å²) in [6, 6.07) is 16.3. The molecule has 0 saturated carbocycles. The SMILES string of the molecule is O=C(CCNC(=O)c1ccc(Cl)cc1)NCc1ccccc1. The Morgan fingerprint density at radius 1 is 0.909 bits per heavy atom. The first kappa shape index (κ1) is 16.0. The third kappa shape index (κ3) is 5.22. The number of hydrogen-bond acceptors (Lipinski definition) is 2. The van der Waals surface area contributed by atoms with Gasteiger partial charge in [-0.05, 0) is 29.8 Å². The van der Waals surface area contributed by atoms with Gasteiger partial charge in [-0.3, -0.25) is 9.59 Å². The monoisotopic (exact) mass is 316 g/mol. The lowest BCUT2D eigenvalue weighted by atomic mass is 10.2. The average Bonchev–Trinajstić information content (AvgIpc) is 2.54. The number of nitrogens with one attached hydrogen (secondary N) is 2. The van der Waals surface area contributed by atoms with Crippen LogP contribution in [-0.4, -0.2) is 18.4 Å². The number of carbonyl (C=O) groups excluding carboxylic acids is 2. The average molecular weight is 317 g/mol. The number of benzene rings is 2. The molecule has 2 aromatic rings. The van der Waals surface area contributed by atoms with Crippen molar-refractivity contribution in [3.63, 3.8) is 0 Å². The van der Waals surface area contributed by atoms with Gasteiger partial charge in [0.1, 0.15) is 0 Å². The highest BCUT2D eigenvalue weighted by Gasteiger charge is 2.06. The zero-order valence-corrected chi connectivity index (χ0v) is 12.8. The Morgan fingerprint density at radius 2 is 1.59 bits per heavy atom. The van der Waals surface area contributed by atoms with Gasteiger partial charge in [-0.15, -0.1) is 0 Å². The summed E-state index contributed by atoms with van der Waals surface area (Å²) in [5.74, 6) is -0.312. The van der Waals surface area contributed by atoms with Crippen LogP contribution >= 0.6 is 11.6 Å². The second kappa shape index (κ2) is 8.20. The molecule has 0 radical (unpaired) electrons.